The fraction of sp³-hybridized carbons (Fsp3) is 0.462. The number of aryl methyl sites for hydroxylation is 1. The number of aliphatic hydroxyl groups is 3. The first-order chi connectivity index (χ1) is 17.7. The number of methoxy groups -OCH3 is 2. The first-order valence-electron chi connectivity index (χ1n) is 11.9. The zero-order valence-electron chi connectivity index (χ0n) is 21.1. The van der Waals surface area contributed by atoms with Crippen LogP contribution < -0.4 is 25.5 Å². The van der Waals surface area contributed by atoms with Gasteiger partial charge in [0.2, 0.25) is 5.91 Å². The molecule has 5 atom stereocenters. The van der Waals surface area contributed by atoms with E-state index in [1.165, 1.54) is 32.9 Å². The molecule has 1 aliphatic heterocycles. The van der Waals surface area contributed by atoms with Crippen LogP contribution in [-0.2, 0) is 16.0 Å². The first kappa shape index (κ1) is 27.2. The molecule has 2 aromatic carbocycles. The topological polar surface area (TPSA) is 147 Å². The normalized spacial score (nSPS) is 24.8. The van der Waals surface area contributed by atoms with Gasteiger partial charge in [0.05, 0.1) is 37.5 Å². The molecule has 4 rings (SSSR count). The maximum atomic E-state index is 12.9. The smallest absolute Gasteiger partial charge is 0.217 e. The summed E-state index contributed by atoms with van der Waals surface area (Å²) in [5.74, 6) is 0.532. The fourth-order valence-corrected chi connectivity index (χ4v) is 5.40. The molecule has 1 aliphatic carbocycles. The van der Waals surface area contributed by atoms with Crippen molar-refractivity contribution in [3.8, 4) is 22.6 Å². The quantitative estimate of drug-likeness (QED) is 0.346. The molecule has 200 valence electrons. The van der Waals surface area contributed by atoms with Crippen molar-refractivity contribution < 1.29 is 34.3 Å². The molecule has 11 heteroatoms. The van der Waals surface area contributed by atoms with Gasteiger partial charge in [-0.3, -0.25) is 9.59 Å². The molecule has 0 saturated carbocycles. The van der Waals surface area contributed by atoms with Gasteiger partial charge in [-0.05, 0) is 54.0 Å². The van der Waals surface area contributed by atoms with Crippen LogP contribution in [0.3, 0.4) is 0 Å². The Balaban J connectivity index is 1.90. The molecule has 1 unspecified atom stereocenters. The van der Waals surface area contributed by atoms with E-state index in [1.54, 1.807) is 12.1 Å². The molecule has 1 heterocycles. The van der Waals surface area contributed by atoms with Crippen molar-refractivity contribution in [2.24, 2.45) is 0 Å². The predicted octanol–water partition coefficient (Wildman–Crippen LogP) is 1.43. The largest absolute Gasteiger partial charge is 0.492 e. The number of hydrogen-bond donors (Lipinski definition) is 5. The molecule has 5 N–H and O–H groups in total. The van der Waals surface area contributed by atoms with E-state index in [4.69, 9.17) is 14.2 Å². The minimum atomic E-state index is -1.39. The third-order valence-electron chi connectivity index (χ3n) is 6.71. The van der Waals surface area contributed by atoms with Crippen molar-refractivity contribution in [3.05, 3.63) is 45.6 Å². The summed E-state index contributed by atoms with van der Waals surface area (Å²) < 4.78 is 17.1. The molecule has 0 radical (unpaired) electrons. The molecule has 0 aromatic heterocycles. The van der Waals surface area contributed by atoms with E-state index >= 15 is 0 Å². The van der Waals surface area contributed by atoms with Crippen LogP contribution in [0.15, 0.2) is 34.0 Å². The van der Waals surface area contributed by atoms with Crippen LogP contribution in [0.4, 0.5) is 5.69 Å². The van der Waals surface area contributed by atoms with Crippen molar-refractivity contribution in [3.63, 3.8) is 0 Å². The minimum Gasteiger partial charge on any atom is -0.492 e. The molecule has 37 heavy (non-hydrogen) atoms. The lowest BCUT2D eigenvalue weighted by atomic mass is 9.95. The number of aliphatic hydroxyl groups excluding tert-OH is 3. The summed E-state index contributed by atoms with van der Waals surface area (Å²) in [5, 5.41) is 36.4. The summed E-state index contributed by atoms with van der Waals surface area (Å²) >= 11 is 1.35. The predicted molar refractivity (Wildman–Crippen MR) is 139 cm³/mol. The van der Waals surface area contributed by atoms with E-state index < -0.39 is 30.6 Å². The first-order valence-corrected chi connectivity index (χ1v) is 13.1. The maximum Gasteiger partial charge on any atom is 0.217 e. The highest BCUT2D eigenvalue weighted by atomic mass is 32.2. The summed E-state index contributed by atoms with van der Waals surface area (Å²) in [6.07, 6.45) is -2.07. The summed E-state index contributed by atoms with van der Waals surface area (Å²) in [6, 6.07) is 6.66. The lowest BCUT2D eigenvalue weighted by molar-refractivity contribution is -0.178. The van der Waals surface area contributed by atoms with Gasteiger partial charge in [-0.15, -0.1) is 11.8 Å². The van der Waals surface area contributed by atoms with Crippen molar-refractivity contribution in [1.82, 2.24) is 5.32 Å². The molecule has 1 saturated heterocycles. The molecule has 2 aliphatic rings. The second kappa shape index (κ2) is 11.3. The molecule has 0 spiro atoms. The van der Waals surface area contributed by atoms with Crippen LogP contribution in [0.25, 0.3) is 11.1 Å². The maximum absolute atomic E-state index is 12.9. The zero-order chi connectivity index (χ0) is 26.9. The number of carbonyl (C=O) groups excluding carboxylic acids is 1. The Labute approximate surface area is 219 Å². The number of amides is 1. The molecular formula is C26H32N2O8S. The monoisotopic (exact) mass is 532 g/mol. The number of hydrogen-bond acceptors (Lipinski definition) is 10. The molecule has 1 amide bonds. The van der Waals surface area contributed by atoms with Gasteiger partial charge in [0, 0.05) is 12.5 Å². The second-order valence-electron chi connectivity index (χ2n) is 9.04. The van der Waals surface area contributed by atoms with Gasteiger partial charge >= 0.3 is 0 Å². The van der Waals surface area contributed by atoms with Gasteiger partial charge in [0.1, 0.15) is 18.3 Å². The van der Waals surface area contributed by atoms with Gasteiger partial charge in [-0.1, -0.05) is 6.07 Å². The number of carbonyl (C=O) groups is 1. The molecule has 10 nitrogen and oxygen atoms in total. The van der Waals surface area contributed by atoms with Gasteiger partial charge in [-0.2, -0.15) is 0 Å². The second-order valence-corrected chi connectivity index (χ2v) is 9.89. The Bertz CT molecular complexity index is 1240. The zero-order valence-corrected chi connectivity index (χ0v) is 21.9. The van der Waals surface area contributed by atoms with Gasteiger partial charge in [-0.25, -0.2) is 0 Å². The number of rotatable bonds is 6. The van der Waals surface area contributed by atoms with E-state index in [2.05, 4.69) is 10.6 Å². The van der Waals surface area contributed by atoms with E-state index in [0.717, 1.165) is 16.7 Å². The molecule has 2 aromatic rings. The number of nitrogens with one attached hydrogen (secondary N) is 2. The average Bonchev–Trinajstić information content (AvgIpc) is 3.11. The highest BCUT2D eigenvalue weighted by Gasteiger charge is 2.38. The lowest BCUT2D eigenvalue weighted by Gasteiger charge is -2.36. The van der Waals surface area contributed by atoms with Crippen molar-refractivity contribution >= 4 is 23.4 Å². The molecule has 0 bridgehead atoms. The van der Waals surface area contributed by atoms with Crippen LogP contribution in [0.5, 0.6) is 11.5 Å². The summed E-state index contributed by atoms with van der Waals surface area (Å²) in [7, 11) is 3.00. The molecule has 1 fully saturated rings. The van der Waals surface area contributed by atoms with Crippen molar-refractivity contribution in [2.45, 2.75) is 55.2 Å². The fourth-order valence-electron chi connectivity index (χ4n) is 4.94. The Morgan fingerprint density at radius 2 is 1.84 bits per heavy atom. The average molecular weight is 533 g/mol. The number of anilines is 1. The Hall–Kier alpha value is -2.83. The van der Waals surface area contributed by atoms with E-state index in [-0.39, 0.29) is 17.9 Å². The van der Waals surface area contributed by atoms with Gasteiger partial charge < -0.3 is 40.2 Å². The number of ether oxygens (including phenoxy) is 3. The molecular weight excluding hydrogens is 500 g/mol. The van der Waals surface area contributed by atoms with Crippen LogP contribution in [-0.4, -0.2) is 72.8 Å². The van der Waals surface area contributed by atoms with Crippen LogP contribution in [0, 0.1) is 0 Å². The Morgan fingerprint density at radius 3 is 2.49 bits per heavy atom. The van der Waals surface area contributed by atoms with Crippen LogP contribution in [0.2, 0.25) is 0 Å². The highest BCUT2D eigenvalue weighted by Crippen LogP contribution is 2.49. The van der Waals surface area contributed by atoms with Crippen LogP contribution in [0.1, 0.15) is 30.5 Å². The Morgan fingerprint density at radius 1 is 1.11 bits per heavy atom. The Kier molecular flexibility index (Phi) is 8.29. The SMILES string of the molecule is COc1c(N[C@@H]2OC[C@@H](O)C(O)[C@H]2O)cc2c(c1OC)-c1ccc(SC)c(=O)cc1[C@@H](NC(C)=O)CC2. The van der Waals surface area contributed by atoms with E-state index in [9.17, 15) is 24.9 Å². The highest BCUT2D eigenvalue weighted by molar-refractivity contribution is 7.98. The number of fused-ring (bicyclic) bond motifs is 3. The van der Waals surface area contributed by atoms with Crippen molar-refractivity contribution in [2.75, 3.05) is 32.4 Å². The third-order valence-corrected chi connectivity index (χ3v) is 7.49. The minimum absolute atomic E-state index is 0.138. The summed E-state index contributed by atoms with van der Waals surface area (Å²) in [6.45, 7) is 1.29. The number of thioether (sulfide) groups is 1. The number of benzene rings is 1. The lowest BCUT2D eigenvalue weighted by Crippen LogP contribution is -2.55. The van der Waals surface area contributed by atoms with Crippen LogP contribution >= 0.6 is 11.8 Å². The third kappa shape index (κ3) is 5.27. The van der Waals surface area contributed by atoms with Gasteiger partial charge in [0.25, 0.3) is 0 Å². The van der Waals surface area contributed by atoms with Crippen molar-refractivity contribution in [1.29, 1.82) is 0 Å². The van der Waals surface area contributed by atoms with E-state index in [1.807, 2.05) is 18.4 Å². The summed E-state index contributed by atoms with van der Waals surface area (Å²) in [5.41, 5.74) is 3.34. The summed E-state index contributed by atoms with van der Waals surface area (Å²) in [4.78, 5) is 25.6. The standard InChI is InChI=1S/C26H32N2O8S/c1-12(29)27-16-7-5-13-9-17(28-26-23(33)22(32)19(31)11-36-26)24(34-2)25(35-3)21(13)14-6-8-20(37-4)18(30)10-15(14)16/h6,8-10,16,19,22-23,26,28,31-33H,5,7,11H2,1-4H3,(H,27,29)/t16-,19+,22?,23+,26+/m0/s1. The van der Waals surface area contributed by atoms with E-state index in [0.29, 0.717) is 40.5 Å². The van der Waals surface area contributed by atoms with Gasteiger partial charge in [0.15, 0.2) is 23.2 Å².